The van der Waals surface area contributed by atoms with E-state index >= 15 is 0 Å². The van der Waals surface area contributed by atoms with Crippen molar-refractivity contribution in [2.45, 2.75) is 39.4 Å². The third-order valence-corrected chi connectivity index (χ3v) is 4.95. The summed E-state index contributed by atoms with van der Waals surface area (Å²) in [6, 6.07) is 12.5. The summed E-state index contributed by atoms with van der Waals surface area (Å²) in [5, 5.41) is 5.89. The van der Waals surface area contributed by atoms with E-state index in [1.54, 1.807) is 0 Å². The lowest BCUT2D eigenvalue weighted by Gasteiger charge is -2.23. The van der Waals surface area contributed by atoms with E-state index in [2.05, 4.69) is 48.3 Å². The molecule has 0 fully saturated rings. The van der Waals surface area contributed by atoms with Crippen LogP contribution < -0.4 is 14.8 Å². The van der Waals surface area contributed by atoms with Gasteiger partial charge in [0.2, 0.25) is 5.79 Å². The van der Waals surface area contributed by atoms with Crippen molar-refractivity contribution in [1.82, 2.24) is 10.2 Å². The minimum atomic E-state index is -0.555. The van der Waals surface area contributed by atoms with Crippen LogP contribution in [0.15, 0.2) is 36.4 Å². The Morgan fingerprint density at radius 2 is 1.56 bits per heavy atom. The summed E-state index contributed by atoms with van der Waals surface area (Å²) in [7, 11) is 0. The van der Waals surface area contributed by atoms with Gasteiger partial charge in [0.25, 0.3) is 0 Å². The number of ether oxygens (including phenoxy) is 2. The Morgan fingerprint density at radius 3 is 2.12 bits per heavy atom. The standard InChI is InChI=1S/C21H30N2O2/c1-4-23(5-2)14-13-22-12-8-11-21(3)24-19-15-17-9-6-7-10-18(17)16-20(19)25-21/h6-7,9-10,15-16,22H,4-5,8,11-14H2,1-3H3. The zero-order valence-electron chi connectivity index (χ0n) is 15.7. The van der Waals surface area contributed by atoms with E-state index in [4.69, 9.17) is 9.47 Å². The second-order valence-corrected chi connectivity index (χ2v) is 6.86. The van der Waals surface area contributed by atoms with Gasteiger partial charge in [-0.2, -0.15) is 0 Å². The molecule has 0 bridgehead atoms. The first-order chi connectivity index (χ1) is 12.1. The van der Waals surface area contributed by atoms with Gasteiger partial charge >= 0.3 is 0 Å². The quantitative estimate of drug-likeness (QED) is 0.698. The molecule has 136 valence electrons. The monoisotopic (exact) mass is 342 g/mol. The number of hydrogen-bond donors (Lipinski definition) is 1. The molecule has 2 aromatic carbocycles. The van der Waals surface area contributed by atoms with E-state index in [0.29, 0.717) is 0 Å². The van der Waals surface area contributed by atoms with Gasteiger partial charge in [0.15, 0.2) is 11.5 Å². The Hall–Kier alpha value is -1.78. The summed E-state index contributed by atoms with van der Waals surface area (Å²) in [4.78, 5) is 2.43. The minimum Gasteiger partial charge on any atom is -0.449 e. The molecule has 0 saturated heterocycles. The van der Waals surface area contributed by atoms with Crippen LogP contribution in [0.3, 0.4) is 0 Å². The van der Waals surface area contributed by atoms with Crippen molar-refractivity contribution < 1.29 is 9.47 Å². The molecule has 0 amide bonds. The average molecular weight is 342 g/mol. The lowest BCUT2D eigenvalue weighted by molar-refractivity contribution is -0.0691. The summed E-state index contributed by atoms with van der Waals surface area (Å²) in [6.45, 7) is 11.8. The molecule has 0 aromatic heterocycles. The van der Waals surface area contributed by atoms with Crippen LogP contribution in [0.1, 0.15) is 33.6 Å². The Labute approximate surface area is 151 Å². The topological polar surface area (TPSA) is 33.7 Å². The summed E-state index contributed by atoms with van der Waals surface area (Å²) < 4.78 is 12.2. The summed E-state index contributed by atoms with van der Waals surface area (Å²) in [5.74, 6) is 1.16. The van der Waals surface area contributed by atoms with E-state index in [1.165, 1.54) is 10.8 Å². The average Bonchev–Trinajstić information content (AvgIpc) is 2.94. The molecule has 0 spiro atoms. The molecule has 4 nitrogen and oxygen atoms in total. The van der Waals surface area contributed by atoms with Crippen molar-refractivity contribution in [3.8, 4) is 11.5 Å². The third kappa shape index (κ3) is 4.44. The highest BCUT2D eigenvalue weighted by Gasteiger charge is 2.36. The van der Waals surface area contributed by atoms with E-state index in [9.17, 15) is 0 Å². The second-order valence-electron chi connectivity index (χ2n) is 6.86. The van der Waals surface area contributed by atoms with Crippen molar-refractivity contribution in [3.63, 3.8) is 0 Å². The largest absolute Gasteiger partial charge is 0.449 e. The van der Waals surface area contributed by atoms with Gasteiger partial charge in [-0.15, -0.1) is 0 Å². The third-order valence-electron chi connectivity index (χ3n) is 4.95. The molecule has 0 radical (unpaired) electrons. The molecular formula is C21H30N2O2. The molecule has 0 saturated carbocycles. The van der Waals surface area contributed by atoms with Crippen molar-refractivity contribution in [1.29, 1.82) is 0 Å². The van der Waals surface area contributed by atoms with Crippen LogP contribution in [0.25, 0.3) is 10.8 Å². The molecule has 2 aromatic rings. The maximum Gasteiger partial charge on any atom is 0.248 e. The second kappa shape index (κ2) is 8.07. The van der Waals surface area contributed by atoms with Crippen molar-refractivity contribution in [2.24, 2.45) is 0 Å². The molecule has 1 aliphatic heterocycles. The maximum atomic E-state index is 6.12. The summed E-state index contributed by atoms with van der Waals surface area (Å²) in [6.07, 6.45) is 1.90. The fraction of sp³-hybridized carbons (Fsp3) is 0.524. The molecular weight excluding hydrogens is 312 g/mol. The Bertz CT molecular complexity index is 653. The van der Waals surface area contributed by atoms with Gasteiger partial charge in [0, 0.05) is 26.4 Å². The molecule has 1 N–H and O–H groups in total. The number of benzene rings is 2. The fourth-order valence-electron chi connectivity index (χ4n) is 3.38. The SMILES string of the molecule is CCN(CC)CCNCCCC1(C)Oc2cc3ccccc3cc2O1. The highest BCUT2D eigenvalue weighted by molar-refractivity contribution is 5.86. The molecule has 0 unspecified atom stereocenters. The lowest BCUT2D eigenvalue weighted by Crippen LogP contribution is -2.36. The molecule has 4 heteroatoms. The van der Waals surface area contributed by atoms with Crippen LogP contribution in [0.2, 0.25) is 0 Å². The van der Waals surface area contributed by atoms with Crippen molar-refractivity contribution in [2.75, 3.05) is 32.7 Å². The molecule has 3 rings (SSSR count). The van der Waals surface area contributed by atoms with Gasteiger partial charge in [-0.05, 0) is 49.0 Å². The predicted molar refractivity (Wildman–Crippen MR) is 104 cm³/mol. The van der Waals surface area contributed by atoms with Crippen LogP contribution in [0.4, 0.5) is 0 Å². The van der Waals surface area contributed by atoms with Gasteiger partial charge in [-0.1, -0.05) is 38.1 Å². The van der Waals surface area contributed by atoms with Crippen LogP contribution in [-0.2, 0) is 0 Å². The van der Waals surface area contributed by atoms with Gasteiger partial charge in [-0.3, -0.25) is 0 Å². The normalized spacial score (nSPS) is 15.2. The highest BCUT2D eigenvalue weighted by atomic mass is 16.7. The first kappa shape index (κ1) is 18.0. The number of nitrogens with one attached hydrogen (secondary N) is 1. The minimum absolute atomic E-state index is 0.555. The predicted octanol–water partition coefficient (Wildman–Crippen LogP) is 4.04. The number of rotatable bonds is 9. The van der Waals surface area contributed by atoms with E-state index in [1.807, 2.05) is 19.1 Å². The van der Waals surface area contributed by atoms with Gasteiger partial charge < -0.3 is 19.7 Å². The van der Waals surface area contributed by atoms with Crippen LogP contribution >= 0.6 is 0 Å². The molecule has 1 heterocycles. The smallest absolute Gasteiger partial charge is 0.248 e. The van der Waals surface area contributed by atoms with Gasteiger partial charge in [0.1, 0.15) is 0 Å². The zero-order chi connectivity index (χ0) is 17.7. The Kier molecular flexibility index (Phi) is 5.82. The Balaban J connectivity index is 1.46. The molecule has 0 aliphatic carbocycles. The van der Waals surface area contributed by atoms with Crippen LogP contribution in [0.5, 0.6) is 11.5 Å². The number of likely N-dealkylation sites (N-methyl/N-ethyl adjacent to an activating group) is 1. The summed E-state index contributed by atoms with van der Waals surface area (Å²) in [5.41, 5.74) is 0. The van der Waals surface area contributed by atoms with Crippen molar-refractivity contribution >= 4 is 10.8 Å². The zero-order valence-corrected chi connectivity index (χ0v) is 15.7. The van der Waals surface area contributed by atoms with E-state index in [0.717, 1.165) is 57.1 Å². The van der Waals surface area contributed by atoms with E-state index < -0.39 is 5.79 Å². The highest BCUT2D eigenvalue weighted by Crippen LogP contribution is 2.43. The maximum absolute atomic E-state index is 6.12. The number of hydrogen-bond acceptors (Lipinski definition) is 4. The fourth-order valence-corrected chi connectivity index (χ4v) is 3.38. The molecule has 1 aliphatic rings. The number of fused-ring (bicyclic) bond motifs is 2. The first-order valence-electron chi connectivity index (χ1n) is 9.47. The van der Waals surface area contributed by atoms with Crippen LogP contribution in [0, 0.1) is 0 Å². The van der Waals surface area contributed by atoms with Gasteiger partial charge in [-0.25, -0.2) is 0 Å². The molecule has 25 heavy (non-hydrogen) atoms. The lowest BCUT2D eigenvalue weighted by atomic mass is 10.1. The number of nitrogens with zero attached hydrogens (tertiary/aromatic N) is 1. The molecule has 0 atom stereocenters. The Morgan fingerprint density at radius 1 is 0.960 bits per heavy atom. The summed E-state index contributed by atoms with van der Waals surface area (Å²) >= 11 is 0. The van der Waals surface area contributed by atoms with E-state index in [-0.39, 0.29) is 0 Å². The van der Waals surface area contributed by atoms with Crippen molar-refractivity contribution in [3.05, 3.63) is 36.4 Å². The van der Waals surface area contributed by atoms with Gasteiger partial charge in [0.05, 0.1) is 0 Å². The van der Waals surface area contributed by atoms with Crippen LogP contribution in [-0.4, -0.2) is 43.4 Å². The first-order valence-corrected chi connectivity index (χ1v) is 9.47.